The topological polar surface area (TPSA) is 150 Å². The van der Waals surface area contributed by atoms with Crippen LogP contribution in [0.25, 0.3) is 11.1 Å². The van der Waals surface area contributed by atoms with Crippen molar-refractivity contribution in [3.63, 3.8) is 0 Å². The molecule has 4 rings (SSSR count). The first-order valence-electron chi connectivity index (χ1n) is 13.3. The van der Waals surface area contributed by atoms with Crippen molar-refractivity contribution in [2.75, 3.05) is 25.5 Å². The van der Waals surface area contributed by atoms with Gasteiger partial charge in [-0.15, -0.1) is 0 Å². The molecule has 3 aromatic rings. The Balaban J connectivity index is 1.25. The second kappa shape index (κ2) is 13.9. The zero-order valence-electron chi connectivity index (χ0n) is 22.6. The minimum absolute atomic E-state index is 0.0519. The summed E-state index contributed by atoms with van der Waals surface area (Å²) in [5.74, 6) is -1.17. The first kappa shape index (κ1) is 29.7. The molecule has 1 aliphatic rings. The summed E-state index contributed by atoms with van der Waals surface area (Å²) in [5.41, 5.74) is 1.90. The maximum absolute atomic E-state index is 13.2. The Kier molecular flexibility index (Phi) is 10.0. The van der Waals surface area contributed by atoms with Crippen LogP contribution in [-0.4, -0.2) is 72.7 Å². The monoisotopic (exact) mass is 579 g/mol. The van der Waals surface area contributed by atoms with Crippen LogP contribution >= 0.6 is 0 Å². The van der Waals surface area contributed by atoms with Gasteiger partial charge in [-0.25, -0.2) is 13.4 Å². The molecule has 0 saturated carbocycles. The molecule has 3 N–H and O–H groups in total. The van der Waals surface area contributed by atoms with Crippen molar-refractivity contribution in [3.05, 3.63) is 79.0 Å². The fourth-order valence-electron chi connectivity index (χ4n) is 4.34. The minimum atomic E-state index is -4.15. The van der Waals surface area contributed by atoms with Gasteiger partial charge in [0, 0.05) is 32.8 Å². The number of nitrogens with one attached hydrogen (secondary N) is 2. The third-order valence-electron chi connectivity index (χ3n) is 6.74. The van der Waals surface area contributed by atoms with E-state index in [4.69, 9.17) is 4.84 Å². The number of carbonyl (C=O) groups is 2. The van der Waals surface area contributed by atoms with Gasteiger partial charge in [0.1, 0.15) is 23.7 Å². The van der Waals surface area contributed by atoms with Crippen molar-refractivity contribution in [1.82, 2.24) is 14.6 Å². The van der Waals surface area contributed by atoms with Gasteiger partial charge in [-0.2, -0.15) is 4.31 Å². The number of carbonyl (C=O) groups excluding carboxylic acids is 1. The van der Waals surface area contributed by atoms with Crippen LogP contribution in [0.5, 0.6) is 0 Å². The van der Waals surface area contributed by atoms with Gasteiger partial charge >= 0.3 is 5.97 Å². The van der Waals surface area contributed by atoms with Gasteiger partial charge < -0.3 is 20.6 Å². The molecule has 2 aromatic carbocycles. The first-order valence-corrected chi connectivity index (χ1v) is 14.7. The van der Waals surface area contributed by atoms with Crippen molar-refractivity contribution in [1.29, 1.82) is 0 Å². The molecule has 0 bridgehead atoms. The molecule has 41 heavy (non-hydrogen) atoms. The number of likely N-dealkylation sites (N-methyl/N-ethyl adjacent to an activating group) is 1. The Morgan fingerprint density at radius 1 is 1.02 bits per heavy atom. The van der Waals surface area contributed by atoms with Crippen LogP contribution in [0.2, 0.25) is 0 Å². The quantitative estimate of drug-likeness (QED) is 0.246. The van der Waals surface area contributed by atoms with Crippen LogP contribution in [-0.2, 0) is 24.4 Å². The number of sulfonamides is 1. The van der Waals surface area contributed by atoms with E-state index in [1.165, 1.54) is 19.2 Å². The smallest absolute Gasteiger partial charge is 0.323 e. The molecule has 1 aliphatic heterocycles. The number of unbranched alkanes of at least 4 members (excludes halogenated alkanes) is 1. The highest BCUT2D eigenvalue weighted by Crippen LogP contribution is 2.23. The van der Waals surface area contributed by atoms with Gasteiger partial charge in [0.05, 0.1) is 4.90 Å². The van der Waals surface area contributed by atoms with Crippen LogP contribution in [0.15, 0.2) is 89.0 Å². The first-order chi connectivity index (χ1) is 19.8. The van der Waals surface area contributed by atoms with E-state index in [9.17, 15) is 23.1 Å². The predicted molar refractivity (Wildman–Crippen MR) is 155 cm³/mol. The molecular formula is C29H33N5O6S. The molecular weight excluding hydrogens is 546 g/mol. The summed E-state index contributed by atoms with van der Waals surface area (Å²) < 4.78 is 27.1. The van der Waals surface area contributed by atoms with Gasteiger partial charge in [-0.1, -0.05) is 53.7 Å². The third-order valence-corrected chi connectivity index (χ3v) is 8.62. The average molecular weight is 580 g/mol. The molecule has 1 amide bonds. The highest BCUT2D eigenvalue weighted by Gasteiger charge is 2.34. The van der Waals surface area contributed by atoms with E-state index in [0.29, 0.717) is 12.8 Å². The lowest BCUT2D eigenvalue weighted by atomic mass is 10.1. The Morgan fingerprint density at radius 2 is 1.73 bits per heavy atom. The number of benzene rings is 2. The van der Waals surface area contributed by atoms with Crippen molar-refractivity contribution in [2.24, 2.45) is 5.16 Å². The van der Waals surface area contributed by atoms with Crippen molar-refractivity contribution < 1.29 is 28.0 Å². The summed E-state index contributed by atoms with van der Waals surface area (Å²) >= 11 is 0. The van der Waals surface area contributed by atoms with Crippen LogP contribution < -0.4 is 10.6 Å². The number of amides is 1. The van der Waals surface area contributed by atoms with E-state index in [1.807, 2.05) is 48.5 Å². The largest absolute Gasteiger partial charge is 0.480 e. The van der Waals surface area contributed by atoms with Gasteiger partial charge in [-0.3, -0.25) is 9.59 Å². The predicted octanol–water partition coefficient (Wildman–Crippen LogP) is 3.37. The molecule has 0 radical (unpaired) electrons. The van der Waals surface area contributed by atoms with Gasteiger partial charge in [0.15, 0.2) is 0 Å². The molecule has 216 valence electrons. The fraction of sp³-hybridized carbons (Fsp3) is 0.310. The van der Waals surface area contributed by atoms with E-state index in [2.05, 4.69) is 20.8 Å². The number of aliphatic carboxylic acids is 1. The Morgan fingerprint density at radius 3 is 2.41 bits per heavy atom. The van der Waals surface area contributed by atoms with Crippen LogP contribution in [0.4, 0.5) is 5.82 Å². The Bertz CT molecular complexity index is 1450. The molecule has 0 fully saturated rings. The van der Waals surface area contributed by atoms with Gasteiger partial charge in [0.25, 0.3) is 5.91 Å². The molecule has 0 saturated heterocycles. The minimum Gasteiger partial charge on any atom is -0.480 e. The molecule has 11 nitrogen and oxygen atoms in total. The van der Waals surface area contributed by atoms with Gasteiger partial charge in [0.2, 0.25) is 10.0 Å². The van der Waals surface area contributed by atoms with Crippen molar-refractivity contribution >= 4 is 33.4 Å². The zero-order valence-corrected chi connectivity index (χ0v) is 23.5. The summed E-state index contributed by atoms with van der Waals surface area (Å²) in [7, 11) is -2.97. The van der Waals surface area contributed by atoms with E-state index in [1.54, 1.807) is 18.3 Å². The van der Waals surface area contributed by atoms with E-state index >= 15 is 0 Å². The number of carboxylic acids is 1. The number of rotatable bonds is 14. The lowest BCUT2D eigenvalue weighted by molar-refractivity contribution is -0.141. The molecule has 0 aliphatic carbocycles. The van der Waals surface area contributed by atoms with Crippen LogP contribution in [0.3, 0.4) is 0 Å². The zero-order chi connectivity index (χ0) is 29.2. The number of hydrogen-bond acceptors (Lipinski definition) is 8. The summed E-state index contributed by atoms with van der Waals surface area (Å²) in [6.45, 7) is 0.316. The Labute approximate surface area is 239 Å². The van der Waals surface area contributed by atoms with E-state index in [0.717, 1.165) is 40.6 Å². The normalized spacial score (nSPS) is 15.6. The second-order valence-electron chi connectivity index (χ2n) is 9.58. The van der Waals surface area contributed by atoms with Crippen molar-refractivity contribution in [3.8, 4) is 11.1 Å². The number of oxime groups is 1. The maximum atomic E-state index is 13.2. The third kappa shape index (κ3) is 7.89. The van der Waals surface area contributed by atoms with Crippen molar-refractivity contribution in [2.45, 2.75) is 42.7 Å². The SMILES string of the molecule is CN([C@@H](CNC(=O)C1=NOC(CCCCNc2ccccn2)C1)C(=O)O)S(=O)(=O)c1ccc(-c2ccccc2)cc1. The average Bonchev–Trinajstić information content (AvgIpc) is 3.47. The number of carboxylic acid groups (broad SMARTS) is 1. The standard InChI is InChI=1S/C29H33N5O6S/c1-34(41(38,39)24-15-13-22(14-16-24)21-9-3-2-4-10-21)26(29(36)37)20-32-28(35)25-19-23(40-33-25)11-5-7-17-30-27-12-6-8-18-31-27/h2-4,6,8-10,12-16,18,23,26H,5,7,11,17,19-20H2,1H3,(H,30,31)(H,32,35)(H,36,37)/t23?,26-/m0/s1. The number of aromatic nitrogens is 1. The second-order valence-corrected chi connectivity index (χ2v) is 11.6. The molecule has 0 spiro atoms. The van der Waals surface area contributed by atoms with Crippen LogP contribution in [0, 0.1) is 0 Å². The summed E-state index contributed by atoms with van der Waals surface area (Å²) in [6.07, 6.45) is 4.20. The highest BCUT2D eigenvalue weighted by molar-refractivity contribution is 7.89. The number of pyridine rings is 1. The molecule has 1 unspecified atom stereocenters. The maximum Gasteiger partial charge on any atom is 0.323 e. The lowest BCUT2D eigenvalue weighted by Crippen LogP contribution is -2.50. The lowest BCUT2D eigenvalue weighted by Gasteiger charge is -2.24. The number of anilines is 1. The summed E-state index contributed by atoms with van der Waals surface area (Å²) in [6, 6.07) is 19.8. The van der Waals surface area contributed by atoms with Crippen LogP contribution in [0.1, 0.15) is 25.7 Å². The van der Waals surface area contributed by atoms with E-state index in [-0.39, 0.29) is 16.7 Å². The molecule has 2 heterocycles. The van der Waals surface area contributed by atoms with Gasteiger partial charge in [-0.05, 0) is 54.7 Å². The number of hydrogen-bond donors (Lipinski definition) is 3. The molecule has 12 heteroatoms. The molecule has 1 aromatic heterocycles. The summed E-state index contributed by atoms with van der Waals surface area (Å²) in [4.78, 5) is 34.2. The summed E-state index contributed by atoms with van der Waals surface area (Å²) in [5, 5.41) is 19.4. The highest BCUT2D eigenvalue weighted by atomic mass is 32.2. The Hall–Kier alpha value is -4.29. The van der Waals surface area contributed by atoms with E-state index < -0.39 is 34.5 Å². The number of nitrogens with zero attached hydrogens (tertiary/aromatic N) is 3. The molecule has 2 atom stereocenters. The fourth-order valence-corrected chi connectivity index (χ4v) is 5.66.